The Labute approximate surface area is 147 Å². The van der Waals surface area contributed by atoms with Gasteiger partial charge in [-0.2, -0.15) is 0 Å². The molecule has 0 radical (unpaired) electrons. The van der Waals surface area contributed by atoms with Gasteiger partial charge in [0, 0.05) is 16.5 Å². The van der Waals surface area contributed by atoms with Gasteiger partial charge in [0.15, 0.2) is 0 Å². The minimum atomic E-state index is -0.464. The molecule has 1 fully saturated rings. The van der Waals surface area contributed by atoms with Crippen LogP contribution in [0.3, 0.4) is 0 Å². The molecule has 21 heavy (non-hydrogen) atoms. The van der Waals surface area contributed by atoms with Crippen LogP contribution in [0.25, 0.3) is 0 Å². The summed E-state index contributed by atoms with van der Waals surface area (Å²) in [5.41, 5.74) is -0.464. The molecule has 0 aliphatic carbocycles. The van der Waals surface area contributed by atoms with Crippen LogP contribution in [0.1, 0.15) is 27.2 Å². The molecule has 1 aromatic carbocycles. The number of hydrogen-bond acceptors (Lipinski definition) is 3. The molecule has 0 unspecified atom stereocenters. The number of nitrogens with zero attached hydrogens (tertiary/aromatic N) is 1. The number of halogens is 2. The lowest BCUT2D eigenvalue weighted by atomic mass is 10.2. The zero-order valence-electron chi connectivity index (χ0n) is 12.4. The van der Waals surface area contributed by atoms with E-state index in [1.165, 1.54) is 0 Å². The molecule has 1 heterocycles. The van der Waals surface area contributed by atoms with E-state index in [0.717, 1.165) is 20.2 Å². The summed E-state index contributed by atoms with van der Waals surface area (Å²) in [6.45, 7) is 6.85. The summed E-state index contributed by atoms with van der Waals surface area (Å²) in [5.74, 6) is 0.818. The maximum atomic E-state index is 12.0. The molecule has 1 aromatic rings. The molecule has 0 saturated carbocycles. The molecule has 1 atom stereocenters. The van der Waals surface area contributed by atoms with Gasteiger partial charge in [-0.3, -0.25) is 0 Å². The third-order valence-corrected chi connectivity index (χ3v) is 4.31. The first-order chi connectivity index (χ1) is 9.74. The van der Waals surface area contributed by atoms with Gasteiger partial charge in [0.05, 0.1) is 11.0 Å². The van der Waals surface area contributed by atoms with Gasteiger partial charge in [-0.25, -0.2) is 4.79 Å². The minimum absolute atomic E-state index is 0.00650. The predicted octanol–water partition coefficient (Wildman–Crippen LogP) is 4.44. The molecular weight excluding hydrogens is 449 g/mol. The lowest BCUT2D eigenvalue weighted by Gasteiger charge is -2.24. The minimum Gasteiger partial charge on any atom is -0.487 e. The van der Waals surface area contributed by atoms with Gasteiger partial charge >= 0.3 is 6.09 Å². The van der Waals surface area contributed by atoms with Gasteiger partial charge in [0.2, 0.25) is 0 Å². The Bertz CT molecular complexity index is 530. The van der Waals surface area contributed by atoms with Gasteiger partial charge in [-0.1, -0.05) is 0 Å². The van der Waals surface area contributed by atoms with Gasteiger partial charge in [0.1, 0.15) is 17.5 Å². The summed E-state index contributed by atoms with van der Waals surface area (Å²) in [5, 5.41) is 0. The number of likely N-dealkylation sites (tertiary alicyclic amines) is 1. The van der Waals surface area contributed by atoms with Crippen LogP contribution in [0.5, 0.6) is 5.75 Å². The topological polar surface area (TPSA) is 38.8 Å². The number of ether oxygens (including phenoxy) is 2. The molecule has 0 bridgehead atoms. The van der Waals surface area contributed by atoms with E-state index in [1.54, 1.807) is 4.90 Å². The van der Waals surface area contributed by atoms with Crippen LogP contribution in [0, 0.1) is 3.57 Å². The molecule has 0 spiro atoms. The van der Waals surface area contributed by atoms with Gasteiger partial charge < -0.3 is 14.4 Å². The Morgan fingerprint density at radius 2 is 2.14 bits per heavy atom. The summed E-state index contributed by atoms with van der Waals surface area (Å²) >= 11 is 5.74. The van der Waals surface area contributed by atoms with Crippen molar-refractivity contribution in [1.82, 2.24) is 4.90 Å². The summed E-state index contributed by atoms with van der Waals surface area (Å²) in [6, 6.07) is 5.97. The zero-order chi connectivity index (χ0) is 15.6. The average Bonchev–Trinajstić information content (AvgIpc) is 2.80. The first kappa shape index (κ1) is 16.9. The third kappa shape index (κ3) is 5.02. The van der Waals surface area contributed by atoms with E-state index in [9.17, 15) is 4.79 Å². The molecule has 2 rings (SSSR count). The van der Waals surface area contributed by atoms with E-state index in [2.05, 4.69) is 38.5 Å². The van der Waals surface area contributed by atoms with Crippen LogP contribution in [0.2, 0.25) is 0 Å². The van der Waals surface area contributed by atoms with Crippen LogP contribution in [0.4, 0.5) is 4.79 Å². The molecule has 116 valence electrons. The summed E-state index contributed by atoms with van der Waals surface area (Å²) in [4.78, 5) is 13.7. The van der Waals surface area contributed by atoms with Gasteiger partial charge in [-0.05, 0) is 77.5 Å². The molecular formula is C15H19BrINO3. The van der Waals surface area contributed by atoms with Crippen molar-refractivity contribution in [3.63, 3.8) is 0 Å². The third-order valence-electron chi connectivity index (χ3n) is 2.98. The molecule has 1 aliphatic rings. The number of carbonyl (C=O) groups excluding carboxylic acids is 1. The van der Waals surface area contributed by atoms with E-state index in [-0.39, 0.29) is 12.2 Å². The van der Waals surface area contributed by atoms with Crippen LogP contribution in [0.15, 0.2) is 22.7 Å². The molecule has 0 N–H and O–H groups in total. The van der Waals surface area contributed by atoms with Crippen LogP contribution in [-0.2, 0) is 4.74 Å². The highest BCUT2D eigenvalue weighted by Gasteiger charge is 2.31. The molecule has 1 saturated heterocycles. The Morgan fingerprint density at radius 1 is 1.43 bits per heavy atom. The highest BCUT2D eigenvalue weighted by Crippen LogP contribution is 2.29. The SMILES string of the molecule is CC(C)(C)OC(=O)N1CC[C@H](Oc2cc(I)ccc2Br)C1. The number of carbonyl (C=O) groups is 1. The van der Waals surface area contributed by atoms with Crippen molar-refractivity contribution in [3.8, 4) is 5.75 Å². The van der Waals surface area contributed by atoms with Gasteiger partial charge in [0.25, 0.3) is 0 Å². The predicted molar refractivity (Wildman–Crippen MR) is 93.7 cm³/mol. The highest BCUT2D eigenvalue weighted by molar-refractivity contribution is 14.1. The summed E-state index contributed by atoms with van der Waals surface area (Å²) in [7, 11) is 0. The van der Waals surface area contributed by atoms with E-state index in [1.807, 2.05) is 39.0 Å². The first-order valence-electron chi connectivity index (χ1n) is 6.84. The van der Waals surface area contributed by atoms with Crippen molar-refractivity contribution in [2.75, 3.05) is 13.1 Å². The fourth-order valence-corrected chi connectivity index (χ4v) is 2.87. The number of benzene rings is 1. The van der Waals surface area contributed by atoms with Gasteiger partial charge in [-0.15, -0.1) is 0 Å². The lowest BCUT2D eigenvalue weighted by Crippen LogP contribution is -2.36. The van der Waals surface area contributed by atoms with Crippen molar-refractivity contribution >= 4 is 44.6 Å². The zero-order valence-corrected chi connectivity index (χ0v) is 16.1. The Balaban J connectivity index is 1.93. The van der Waals surface area contributed by atoms with E-state index in [4.69, 9.17) is 9.47 Å². The van der Waals surface area contributed by atoms with E-state index >= 15 is 0 Å². The molecule has 6 heteroatoms. The van der Waals surface area contributed by atoms with Crippen LogP contribution >= 0.6 is 38.5 Å². The maximum Gasteiger partial charge on any atom is 0.410 e. The van der Waals surface area contributed by atoms with Crippen LogP contribution < -0.4 is 4.74 Å². The second-order valence-corrected chi connectivity index (χ2v) is 8.13. The number of rotatable bonds is 2. The second kappa shape index (κ2) is 6.73. The Kier molecular flexibility index (Phi) is 5.40. The fourth-order valence-electron chi connectivity index (χ4n) is 2.06. The van der Waals surface area contributed by atoms with Crippen molar-refractivity contribution in [2.45, 2.75) is 38.9 Å². The smallest absolute Gasteiger partial charge is 0.410 e. The van der Waals surface area contributed by atoms with Crippen LogP contribution in [-0.4, -0.2) is 35.8 Å². The van der Waals surface area contributed by atoms with E-state index < -0.39 is 5.60 Å². The van der Waals surface area contributed by atoms with E-state index in [0.29, 0.717) is 13.1 Å². The molecule has 1 amide bonds. The van der Waals surface area contributed by atoms with Crippen molar-refractivity contribution in [2.24, 2.45) is 0 Å². The first-order valence-corrected chi connectivity index (χ1v) is 8.71. The second-order valence-electron chi connectivity index (χ2n) is 6.03. The lowest BCUT2D eigenvalue weighted by molar-refractivity contribution is 0.0275. The number of amides is 1. The summed E-state index contributed by atoms with van der Waals surface area (Å²) < 4.78 is 13.4. The average molecular weight is 468 g/mol. The van der Waals surface area contributed by atoms with Crippen molar-refractivity contribution in [3.05, 3.63) is 26.2 Å². The monoisotopic (exact) mass is 467 g/mol. The fraction of sp³-hybridized carbons (Fsp3) is 0.533. The van der Waals surface area contributed by atoms with Crippen molar-refractivity contribution < 1.29 is 14.3 Å². The summed E-state index contributed by atoms with van der Waals surface area (Å²) in [6.07, 6.45) is 0.555. The maximum absolute atomic E-state index is 12.0. The Hall–Kier alpha value is -0.500. The molecule has 1 aliphatic heterocycles. The molecule has 4 nitrogen and oxygen atoms in total. The quantitative estimate of drug-likeness (QED) is 0.603. The standard InChI is InChI=1S/C15H19BrINO3/c1-15(2,3)21-14(19)18-7-6-11(9-18)20-13-8-10(17)4-5-12(13)16/h4-5,8,11H,6-7,9H2,1-3H3/t11-/m0/s1. The largest absolute Gasteiger partial charge is 0.487 e. The number of hydrogen-bond donors (Lipinski definition) is 0. The Morgan fingerprint density at radius 3 is 2.81 bits per heavy atom. The van der Waals surface area contributed by atoms with Crippen molar-refractivity contribution in [1.29, 1.82) is 0 Å². The normalized spacial score (nSPS) is 18.7. The molecule has 0 aromatic heterocycles. The highest BCUT2D eigenvalue weighted by atomic mass is 127.